The minimum atomic E-state index is -3.37. The fourth-order valence-corrected chi connectivity index (χ4v) is 5.76. The zero-order chi connectivity index (χ0) is 24.5. The summed E-state index contributed by atoms with van der Waals surface area (Å²) < 4.78 is 39.6. The molecular weight excluding hydrogens is 477 g/mol. The molecule has 2 unspecified atom stereocenters. The normalized spacial score (nSPS) is 20.4. The maximum Gasteiger partial charge on any atom is 0.272 e. The Balaban J connectivity index is 1.57. The largest absolute Gasteiger partial charge is 0.345 e. The molecule has 0 fully saturated rings. The molecule has 178 valence electrons. The van der Waals surface area contributed by atoms with Gasteiger partial charge < -0.3 is 9.88 Å². The molecule has 0 saturated carbocycles. The SMILES string of the molecule is C[C@@H](CCc1ccc(F)cc1)C1C=Cc2c(cn(C)c2C(=O)Nc2ccnc(Cl)c2)S(=N)(=O)N1. The van der Waals surface area contributed by atoms with Gasteiger partial charge in [-0.3, -0.25) is 4.79 Å². The summed E-state index contributed by atoms with van der Waals surface area (Å²) in [5, 5.41) is 3.03. The third-order valence-electron chi connectivity index (χ3n) is 5.88. The second-order valence-electron chi connectivity index (χ2n) is 8.39. The summed E-state index contributed by atoms with van der Waals surface area (Å²) >= 11 is 5.91. The van der Waals surface area contributed by atoms with Crippen molar-refractivity contribution < 1.29 is 13.4 Å². The fraction of sp³-hybridized carbons (Fsp3) is 0.250. The molecule has 0 saturated heterocycles. The first-order valence-corrected chi connectivity index (χ1v) is 12.7. The number of carbonyl (C=O) groups is 1. The number of fused-ring (bicyclic) bond motifs is 1. The second kappa shape index (κ2) is 9.69. The van der Waals surface area contributed by atoms with Crippen LogP contribution in [-0.4, -0.2) is 25.7 Å². The quantitative estimate of drug-likeness (QED) is 0.412. The number of aryl methyl sites for hydroxylation is 2. The van der Waals surface area contributed by atoms with Gasteiger partial charge in [-0.15, -0.1) is 0 Å². The lowest BCUT2D eigenvalue weighted by Gasteiger charge is -2.22. The molecule has 1 aliphatic rings. The van der Waals surface area contributed by atoms with Crippen LogP contribution < -0.4 is 10.0 Å². The first kappa shape index (κ1) is 24.1. The maximum absolute atomic E-state index is 13.4. The second-order valence-corrected chi connectivity index (χ2v) is 10.6. The van der Waals surface area contributed by atoms with Gasteiger partial charge in [0.25, 0.3) is 5.91 Å². The third kappa shape index (κ3) is 5.22. The summed E-state index contributed by atoms with van der Waals surface area (Å²) in [5.74, 6) is -0.640. The smallest absolute Gasteiger partial charge is 0.272 e. The van der Waals surface area contributed by atoms with E-state index >= 15 is 0 Å². The molecule has 34 heavy (non-hydrogen) atoms. The van der Waals surface area contributed by atoms with Gasteiger partial charge >= 0.3 is 0 Å². The predicted molar refractivity (Wildman–Crippen MR) is 132 cm³/mol. The number of aromatic nitrogens is 2. The molecule has 1 aliphatic heterocycles. The van der Waals surface area contributed by atoms with Crippen LogP contribution >= 0.6 is 11.6 Å². The number of halogens is 2. The van der Waals surface area contributed by atoms with Crippen LogP contribution in [0.25, 0.3) is 6.08 Å². The van der Waals surface area contributed by atoms with E-state index in [2.05, 4.69) is 15.0 Å². The van der Waals surface area contributed by atoms with Crippen LogP contribution in [0.1, 0.15) is 35.0 Å². The minimum absolute atomic E-state index is 0.0430. The summed E-state index contributed by atoms with van der Waals surface area (Å²) in [4.78, 5) is 17.2. The molecule has 0 bridgehead atoms. The maximum atomic E-state index is 13.4. The van der Waals surface area contributed by atoms with E-state index in [0.29, 0.717) is 16.9 Å². The number of hydrogen-bond acceptors (Lipinski definition) is 4. The van der Waals surface area contributed by atoms with Gasteiger partial charge in [-0.25, -0.2) is 23.1 Å². The predicted octanol–water partition coefficient (Wildman–Crippen LogP) is 5.04. The summed E-state index contributed by atoms with van der Waals surface area (Å²) in [6.45, 7) is 2.01. The lowest BCUT2D eigenvalue weighted by molar-refractivity contribution is 0.101. The number of rotatable bonds is 6. The van der Waals surface area contributed by atoms with E-state index < -0.39 is 15.8 Å². The lowest BCUT2D eigenvalue weighted by Crippen LogP contribution is -2.36. The van der Waals surface area contributed by atoms with Crippen molar-refractivity contribution in [2.75, 3.05) is 5.32 Å². The van der Waals surface area contributed by atoms with E-state index in [1.807, 2.05) is 13.0 Å². The van der Waals surface area contributed by atoms with Crippen molar-refractivity contribution in [3.05, 3.63) is 82.7 Å². The molecule has 1 aromatic carbocycles. The van der Waals surface area contributed by atoms with Crippen LogP contribution in [-0.2, 0) is 23.4 Å². The number of carbonyl (C=O) groups excluding carboxylic acids is 1. The number of amides is 1. The van der Waals surface area contributed by atoms with E-state index in [0.717, 1.165) is 18.4 Å². The number of hydrogen-bond donors (Lipinski definition) is 3. The zero-order valence-corrected chi connectivity index (χ0v) is 20.3. The van der Waals surface area contributed by atoms with Gasteiger partial charge in [-0.05, 0) is 48.6 Å². The van der Waals surface area contributed by atoms with Crippen molar-refractivity contribution in [2.45, 2.75) is 30.7 Å². The topological polar surface area (TPSA) is 99.9 Å². The molecule has 3 N–H and O–H groups in total. The van der Waals surface area contributed by atoms with Gasteiger partial charge in [0.15, 0.2) is 0 Å². The Morgan fingerprint density at radius 3 is 2.79 bits per heavy atom. The zero-order valence-electron chi connectivity index (χ0n) is 18.7. The van der Waals surface area contributed by atoms with Gasteiger partial charge in [-0.1, -0.05) is 42.8 Å². The first-order chi connectivity index (χ1) is 16.1. The highest BCUT2D eigenvalue weighted by atomic mass is 35.5. The van der Waals surface area contributed by atoms with Gasteiger partial charge in [0.05, 0.1) is 4.90 Å². The van der Waals surface area contributed by atoms with Crippen molar-refractivity contribution in [2.24, 2.45) is 13.0 Å². The van der Waals surface area contributed by atoms with Crippen molar-refractivity contribution >= 4 is 39.2 Å². The molecule has 3 atom stereocenters. The van der Waals surface area contributed by atoms with E-state index in [1.54, 1.807) is 42.1 Å². The molecule has 3 heterocycles. The van der Waals surface area contributed by atoms with E-state index in [9.17, 15) is 13.4 Å². The van der Waals surface area contributed by atoms with E-state index in [1.165, 1.54) is 24.4 Å². The number of benzene rings is 1. The average Bonchev–Trinajstić information content (AvgIpc) is 3.06. The van der Waals surface area contributed by atoms with Crippen molar-refractivity contribution in [1.82, 2.24) is 14.3 Å². The van der Waals surface area contributed by atoms with Crippen LogP contribution in [0.15, 0.2) is 59.8 Å². The van der Waals surface area contributed by atoms with Crippen LogP contribution in [0, 0.1) is 16.5 Å². The fourth-order valence-electron chi connectivity index (χ4n) is 3.98. The molecular formula is C24H25ClFN5O2S. The van der Waals surface area contributed by atoms with Gasteiger partial charge in [0.2, 0.25) is 0 Å². The highest BCUT2D eigenvalue weighted by Gasteiger charge is 2.30. The van der Waals surface area contributed by atoms with Gasteiger partial charge in [0.1, 0.15) is 26.6 Å². The number of nitrogens with one attached hydrogen (secondary N) is 3. The molecule has 7 nitrogen and oxygen atoms in total. The number of nitrogens with zero attached hydrogens (tertiary/aromatic N) is 2. The average molecular weight is 502 g/mol. The van der Waals surface area contributed by atoms with E-state index in [4.69, 9.17) is 16.4 Å². The molecule has 0 aliphatic carbocycles. The van der Waals surface area contributed by atoms with Crippen LogP contribution in [0.3, 0.4) is 0 Å². The van der Waals surface area contributed by atoms with Gasteiger partial charge in [-0.2, -0.15) is 0 Å². The Kier molecular flexibility index (Phi) is 6.88. The first-order valence-electron chi connectivity index (χ1n) is 10.7. The van der Waals surface area contributed by atoms with Crippen LogP contribution in [0.5, 0.6) is 0 Å². The molecule has 0 spiro atoms. The molecule has 2 aromatic heterocycles. The van der Waals surface area contributed by atoms with E-state index in [-0.39, 0.29) is 27.8 Å². The minimum Gasteiger partial charge on any atom is -0.345 e. The standard InChI is InChI=1S/C24H25ClFN5O2S/c1-15(3-4-16-5-7-17(26)8-6-16)20-10-9-19-21(34(27,33)30-20)14-31(2)23(19)24(32)29-18-11-12-28-22(25)13-18/h5-15,20H,3-4H2,1-2H3,(H2,27,30,33)(H,28,29,32)/t15-,20?,34?/m0/s1. The summed E-state index contributed by atoms with van der Waals surface area (Å²) in [7, 11) is -1.69. The number of anilines is 1. The molecule has 3 aromatic rings. The Morgan fingerprint density at radius 2 is 2.09 bits per heavy atom. The Labute approximate surface area is 203 Å². The molecule has 1 amide bonds. The number of pyridine rings is 1. The Bertz CT molecular complexity index is 1350. The summed E-state index contributed by atoms with van der Waals surface area (Å²) in [5.41, 5.74) is 2.23. The highest BCUT2D eigenvalue weighted by Crippen LogP contribution is 2.29. The third-order valence-corrected chi connectivity index (χ3v) is 7.64. The van der Waals surface area contributed by atoms with Crippen molar-refractivity contribution in [3.63, 3.8) is 0 Å². The molecule has 0 radical (unpaired) electrons. The van der Waals surface area contributed by atoms with Crippen molar-refractivity contribution in [3.8, 4) is 0 Å². The van der Waals surface area contributed by atoms with Crippen LogP contribution in [0.2, 0.25) is 5.15 Å². The van der Waals surface area contributed by atoms with Crippen molar-refractivity contribution in [1.29, 1.82) is 4.78 Å². The highest BCUT2D eigenvalue weighted by molar-refractivity contribution is 7.90. The molecule has 4 rings (SSSR count). The lowest BCUT2D eigenvalue weighted by atomic mass is 9.94. The summed E-state index contributed by atoms with van der Waals surface area (Å²) in [6, 6.07) is 9.19. The Morgan fingerprint density at radius 1 is 1.35 bits per heavy atom. The molecule has 10 heteroatoms. The van der Waals surface area contributed by atoms with Gasteiger partial charge in [0, 0.05) is 36.7 Å². The van der Waals surface area contributed by atoms with Crippen LogP contribution in [0.4, 0.5) is 10.1 Å². The summed E-state index contributed by atoms with van der Waals surface area (Å²) in [6.07, 6.45) is 8.14. The Hall–Kier alpha value is -3.01. The monoisotopic (exact) mass is 501 g/mol.